The zero-order valence-corrected chi connectivity index (χ0v) is 18.2. The van der Waals surface area contributed by atoms with Gasteiger partial charge in [0, 0.05) is 16.7 Å². The van der Waals surface area contributed by atoms with E-state index in [9.17, 15) is 4.79 Å². The molecule has 0 unspecified atom stereocenters. The molecule has 1 heterocycles. The monoisotopic (exact) mass is 413 g/mol. The SMILES string of the molecule is CCCCC[C@](C)(NP(=S)(c1ccccc1)c1ccccc1)[C@H]1C=CC(=O)O1. The van der Waals surface area contributed by atoms with Gasteiger partial charge in [0.05, 0.1) is 11.7 Å². The van der Waals surface area contributed by atoms with Crippen LogP contribution >= 0.6 is 6.19 Å². The summed E-state index contributed by atoms with van der Waals surface area (Å²) in [6.45, 7) is 4.34. The Morgan fingerprint density at radius 1 is 1.04 bits per heavy atom. The van der Waals surface area contributed by atoms with Gasteiger partial charge in [0.2, 0.25) is 0 Å². The molecule has 0 amide bonds. The number of hydrogen-bond acceptors (Lipinski definition) is 3. The van der Waals surface area contributed by atoms with Gasteiger partial charge in [-0.05, 0) is 19.4 Å². The van der Waals surface area contributed by atoms with E-state index in [4.69, 9.17) is 16.5 Å². The first-order chi connectivity index (χ1) is 13.5. The molecule has 28 heavy (non-hydrogen) atoms. The fourth-order valence-electron chi connectivity index (χ4n) is 3.63. The van der Waals surface area contributed by atoms with Gasteiger partial charge in [-0.25, -0.2) is 4.79 Å². The lowest BCUT2D eigenvalue weighted by Crippen LogP contribution is -2.52. The van der Waals surface area contributed by atoms with Crippen LogP contribution in [0.3, 0.4) is 0 Å². The number of hydrogen-bond donors (Lipinski definition) is 1. The Balaban J connectivity index is 2.02. The Labute approximate surface area is 173 Å². The number of rotatable bonds is 9. The van der Waals surface area contributed by atoms with Crippen molar-refractivity contribution >= 4 is 34.6 Å². The van der Waals surface area contributed by atoms with Gasteiger partial charge in [0.1, 0.15) is 6.10 Å². The van der Waals surface area contributed by atoms with Crippen molar-refractivity contribution in [3.63, 3.8) is 0 Å². The molecule has 2 atom stereocenters. The maximum atomic E-state index is 11.8. The summed E-state index contributed by atoms with van der Waals surface area (Å²) < 4.78 is 5.63. The predicted molar refractivity (Wildman–Crippen MR) is 121 cm³/mol. The summed E-state index contributed by atoms with van der Waals surface area (Å²) in [6.07, 6.45) is 5.00. The number of ether oxygens (including phenoxy) is 1. The first-order valence-electron chi connectivity index (χ1n) is 9.87. The van der Waals surface area contributed by atoms with Crippen LogP contribution in [0, 0.1) is 0 Å². The number of carbonyl (C=O) groups is 1. The molecule has 2 aromatic carbocycles. The largest absolute Gasteiger partial charge is 0.453 e. The molecule has 3 nitrogen and oxygen atoms in total. The molecule has 5 heteroatoms. The van der Waals surface area contributed by atoms with Gasteiger partial charge in [0.25, 0.3) is 0 Å². The minimum Gasteiger partial charge on any atom is -0.453 e. The zero-order valence-electron chi connectivity index (χ0n) is 16.5. The molecule has 0 aromatic heterocycles. The van der Waals surface area contributed by atoms with E-state index in [1.54, 1.807) is 0 Å². The third kappa shape index (κ3) is 4.63. The molecule has 0 fully saturated rings. The smallest absolute Gasteiger partial charge is 0.331 e. The molecule has 0 saturated carbocycles. The molecule has 1 aliphatic heterocycles. The molecule has 1 N–H and O–H groups in total. The van der Waals surface area contributed by atoms with Gasteiger partial charge in [-0.1, -0.05) is 98.7 Å². The first-order valence-corrected chi connectivity index (χ1v) is 12.7. The Hall–Kier alpha value is -1.74. The molecule has 1 aliphatic rings. The first kappa shape index (κ1) is 21.0. The lowest BCUT2D eigenvalue weighted by Gasteiger charge is -2.40. The molecule has 0 radical (unpaired) electrons. The van der Waals surface area contributed by atoms with Crippen molar-refractivity contribution in [3.8, 4) is 0 Å². The van der Waals surface area contributed by atoms with Crippen LogP contribution in [0.4, 0.5) is 0 Å². The Morgan fingerprint density at radius 3 is 2.07 bits per heavy atom. The number of carbonyl (C=O) groups excluding carboxylic acids is 1. The normalized spacial score (nSPS) is 18.6. The summed E-state index contributed by atoms with van der Waals surface area (Å²) in [4.78, 5) is 11.8. The molecule has 0 bridgehead atoms. The lowest BCUT2D eigenvalue weighted by atomic mass is 9.89. The van der Waals surface area contributed by atoms with Gasteiger partial charge in [-0.15, -0.1) is 0 Å². The molecule has 2 aromatic rings. The fraction of sp³-hybridized carbons (Fsp3) is 0.348. The fourth-order valence-corrected chi connectivity index (χ4v) is 7.68. The highest BCUT2D eigenvalue weighted by molar-refractivity contribution is 8.21. The summed E-state index contributed by atoms with van der Waals surface area (Å²) in [7, 11) is 0. The van der Waals surface area contributed by atoms with Crippen LogP contribution in [0.25, 0.3) is 0 Å². The van der Waals surface area contributed by atoms with Crippen molar-refractivity contribution in [2.24, 2.45) is 0 Å². The summed E-state index contributed by atoms with van der Waals surface area (Å²) >= 11 is 6.36. The van der Waals surface area contributed by atoms with E-state index in [-0.39, 0.29) is 12.1 Å². The molecular weight excluding hydrogens is 385 g/mol. The molecule has 0 spiro atoms. The van der Waals surface area contributed by atoms with E-state index in [1.807, 2.05) is 42.5 Å². The predicted octanol–water partition coefficient (Wildman–Crippen LogP) is 4.44. The van der Waals surface area contributed by atoms with E-state index >= 15 is 0 Å². The number of cyclic esters (lactones) is 1. The van der Waals surface area contributed by atoms with Gasteiger partial charge >= 0.3 is 5.97 Å². The Bertz CT molecular complexity index is 825. The van der Waals surface area contributed by atoms with Crippen LogP contribution in [-0.4, -0.2) is 17.6 Å². The van der Waals surface area contributed by atoms with Gasteiger partial charge in [-0.3, -0.25) is 5.09 Å². The average molecular weight is 414 g/mol. The number of unbranched alkanes of at least 4 members (excludes halogenated alkanes) is 2. The van der Waals surface area contributed by atoms with Crippen molar-refractivity contribution in [1.82, 2.24) is 5.09 Å². The number of esters is 1. The third-order valence-electron chi connectivity index (χ3n) is 5.23. The molecule has 3 rings (SSSR count). The van der Waals surface area contributed by atoms with Crippen molar-refractivity contribution in [3.05, 3.63) is 72.8 Å². The highest BCUT2D eigenvalue weighted by Crippen LogP contribution is 2.44. The van der Waals surface area contributed by atoms with Crippen LogP contribution in [0.2, 0.25) is 0 Å². The minimum absolute atomic E-state index is 0.277. The van der Waals surface area contributed by atoms with Crippen LogP contribution in [0.15, 0.2) is 72.8 Å². The molecular formula is C23H28NO2PS. The maximum absolute atomic E-state index is 11.8. The Kier molecular flexibility index (Phi) is 6.87. The van der Waals surface area contributed by atoms with Crippen molar-refractivity contribution in [1.29, 1.82) is 0 Å². The average Bonchev–Trinajstić information content (AvgIpc) is 3.17. The second-order valence-electron chi connectivity index (χ2n) is 7.48. The highest BCUT2D eigenvalue weighted by Gasteiger charge is 2.41. The van der Waals surface area contributed by atoms with Crippen LogP contribution < -0.4 is 15.7 Å². The van der Waals surface area contributed by atoms with Crippen molar-refractivity contribution < 1.29 is 9.53 Å². The van der Waals surface area contributed by atoms with E-state index < -0.39 is 11.7 Å². The van der Waals surface area contributed by atoms with Crippen LogP contribution in [0.1, 0.15) is 39.5 Å². The number of nitrogens with one attached hydrogen (secondary N) is 1. The van der Waals surface area contributed by atoms with E-state index in [2.05, 4.69) is 43.2 Å². The lowest BCUT2D eigenvalue weighted by molar-refractivity contribution is -0.141. The van der Waals surface area contributed by atoms with E-state index in [1.165, 1.54) is 6.08 Å². The zero-order chi connectivity index (χ0) is 20.0. The molecule has 148 valence electrons. The van der Waals surface area contributed by atoms with E-state index in [0.29, 0.717) is 0 Å². The van der Waals surface area contributed by atoms with Crippen LogP contribution in [0.5, 0.6) is 0 Å². The summed E-state index contributed by atoms with van der Waals surface area (Å²) in [5.74, 6) is -0.277. The summed E-state index contributed by atoms with van der Waals surface area (Å²) in [5, 5.41) is 6.09. The van der Waals surface area contributed by atoms with Crippen molar-refractivity contribution in [2.45, 2.75) is 51.2 Å². The van der Waals surface area contributed by atoms with E-state index in [0.717, 1.165) is 36.3 Å². The summed E-state index contributed by atoms with van der Waals surface area (Å²) in [6, 6.07) is 20.6. The molecule has 0 saturated heterocycles. The highest BCUT2D eigenvalue weighted by atomic mass is 32.4. The number of benzene rings is 2. The quantitative estimate of drug-likeness (QED) is 0.375. The van der Waals surface area contributed by atoms with Crippen LogP contribution in [-0.2, 0) is 21.3 Å². The van der Waals surface area contributed by atoms with Gasteiger partial charge in [0.15, 0.2) is 0 Å². The third-order valence-corrected chi connectivity index (χ3v) is 9.65. The van der Waals surface area contributed by atoms with Gasteiger partial charge < -0.3 is 4.74 Å². The summed E-state index contributed by atoms with van der Waals surface area (Å²) in [5.41, 5.74) is -0.432. The second-order valence-corrected chi connectivity index (χ2v) is 11.6. The molecule has 0 aliphatic carbocycles. The second kappa shape index (κ2) is 9.17. The van der Waals surface area contributed by atoms with Crippen molar-refractivity contribution in [2.75, 3.05) is 0 Å². The Morgan fingerprint density at radius 2 is 1.61 bits per heavy atom. The minimum atomic E-state index is -2.31. The topological polar surface area (TPSA) is 38.3 Å². The standard InChI is InChI=1S/C23H28NO2PS/c1-3-4-11-18-23(2,21-16-17-22(25)26-21)24-27(28,19-12-7-5-8-13-19)20-14-9-6-10-15-20/h5-10,12-17,21H,3-4,11,18H2,1-2H3,(H,24,28)/t21-,23+/m1/s1. The maximum Gasteiger partial charge on any atom is 0.331 e. The van der Waals surface area contributed by atoms with Gasteiger partial charge in [-0.2, -0.15) is 0 Å².